The van der Waals surface area contributed by atoms with Crippen molar-refractivity contribution in [3.05, 3.63) is 94.5 Å². The van der Waals surface area contributed by atoms with Gasteiger partial charge in [0.25, 0.3) is 0 Å². The molecule has 9 nitrogen and oxygen atoms in total. The number of benzene rings is 4. The number of phenolic OH excluding ortho intramolecular Hbond substituents is 2. The van der Waals surface area contributed by atoms with Crippen molar-refractivity contribution in [2.24, 2.45) is 11.8 Å². The highest BCUT2D eigenvalue weighted by atomic mass is 16.5. The molecule has 5 N–H and O–H groups in total. The third-order valence-corrected chi connectivity index (χ3v) is 10.3. The molecule has 0 saturated heterocycles. The SMILES string of the molecule is COc1cc2c(cc1CCCO)OC[C@@H]([C@@H]1COc3c(Cc4cc(O)ccc4-c4cccc(O)c4)cc(OC4CCCC4)cc3[C@H]1O)[C@H]2O. The van der Waals surface area contributed by atoms with Crippen molar-refractivity contribution in [1.82, 2.24) is 0 Å². The Hall–Kier alpha value is -4.44. The second-order valence-electron chi connectivity index (χ2n) is 13.5. The van der Waals surface area contributed by atoms with E-state index in [1.165, 1.54) is 0 Å². The molecule has 9 heteroatoms. The monoisotopic (exact) mass is 668 g/mol. The Morgan fingerprint density at radius 2 is 1.53 bits per heavy atom. The maximum atomic E-state index is 12.0. The predicted octanol–water partition coefficient (Wildman–Crippen LogP) is 6.39. The Morgan fingerprint density at radius 3 is 2.29 bits per heavy atom. The Labute approximate surface area is 286 Å². The number of hydrogen-bond acceptors (Lipinski definition) is 9. The molecule has 49 heavy (non-hydrogen) atoms. The number of aromatic hydroxyl groups is 2. The molecule has 0 spiro atoms. The van der Waals surface area contributed by atoms with Crippen LogP contribution in [0.4, 0.5) is 0 Å². The lowest BCUT2D eigenvalue weighted by Gasteiger charge is -2.41. The first-order chi connectivity index (χ1) is 23.8. The van der Waals surface area contributed by atoms with Gasteiger partial charge in [-0.25, -0.2) is 0 Å². The number of aliphatic hydroxyl groups is 3. The second kappa shape index (κ2) is 14.2. The lowest BCUT2D eigenvalue weighted by atomic mass is 9.76. The van der Waals surface area contributed by atoms with Crippen molar-refractivity contribution < 1.29 is 44.5 Å². The summed E-state index contributed by atoms with van der Waals surface area (Å²) >= 11 is 0. The topological polar surface area (TPSA) is 138 Å². The summed E-state index contributed by atoms with van der Waals surface area (Å²) in [5.74, 6) is 1.74. The van der Waals surface area contributed by atoms with Gasteiger partial charge in [-0.3, -0.25) is 0 Å². The Balaban J connectivity index is 1.22. The smallest absolute Gasteiger partial charge is 0.128 e. The molecule has 4 aromatic rings. The van der Waals surface area contributed by atoms with Gasteiger partial charge in [0.2, 0.25) is 0 Å². The Bertz CT molecular complexity index is 1800. The second-order valence-corrected chi connectivity index (χ2v) is 13.5. The van der Waals surface area contributed by atoms with Crippen LogP contribution >= 0.6 is 0 Å². The minimum Gasteiger partial charge on any atom is -0.508 e. The van der Waals surface area contributed by atoms with Crippen LogP contribution in [0.1, 0.15) is 72.1 Å². The summed E-state index contributed by atoms with van der Waals surface area (Å²) in [5.41, 5.74) is 5.39. The van der Waals surface area contributed by atoms with E-state index in [1.807, 2.05) is 30.3 Å². The molecule has 258 valence electrons. The summed E-state index contributed by atoms with van der Waals surface area (Å²) in [7, 11) is 1.58. The number of phenols is 2. The number of hydrogen-bond donors (Lipinski definition) is 5. The zero-order valence-electron chi connectivity index (χ0n) is 27.7. The highest BCUT2D eigenvalue weighted by molar-refractivity contribution is 5.70. The van der Waals surface area contributed by atoms with Gasteiger partial charge in [0.1, 0.15) is 34.5 Å². The van der Waals surface area contributed by atoms with Gasteiger partial charge in [-0.2, -0.15) is 0 Å². The molecular weight excluding hydrogens is 624 g/mol. The third-order valence-electron chi connectivity index (χ3n) is 10.3. The zero-order valence-corrected chi connectivity index (χ0v) is 27.7. The fourth-order valence-electron chi connectivity index (χ4n) is 7.72. The number of aryl methyl sites for hydroxylation is 1. The average molecular weight is 669 g/mol. The van der Waals surface area contributed by atoms with Gasteiger partial charge in [0.15, 0.2) is 0 Å². The Kier molecular flexibility index (Phi) is 9.58. The minimum absolute atomic E-state index is 0.0640. The van der Waals surface area contributed by atoms with Gasteiger partial charge in [-0.1, -0.05) is 18.2 Å². The van der Waals surface area contributed by atoms with Crippen molar-refractivity contribution in [2.75, 3.05) is 26.9 Å². The van der Waals surface area contributed by atoms with E-state index in [0.717, 1.165) is 53.5 Å². The third kappa shape index (κ3) is 6.75. The van der Waals surface area contributed by atoms with Gasteiger partial charge in [0.05, 0.1) is 38.6 Å². The van der Waals surface area contributed by atoms with Crippen LogP contribution in [-0.2, 0) is 12.8 Å². The number of aliphatic hydroxyl groups excluding tert-OH is 3. The number of rotatable bonds is 10. The van der Waals surface area contributed by atoms with Crippen LogP contribution in [0.15, 0.2) is 66.7 Å². The van der Waals surface area contributed by atoms with Crippen molar-refractivity contribution in [3.8, 4) is 45.6 Å². The van der Waals surface area contributed by atoms with E-state index in [2.05, 4.69) is 0 Å². The van der Waals surface area contributed by atoms with Crippen molar-refractivity contribution in [2.45, 2.75) is 63.3 Å². The molecule has 0 bridgehead atoms. The maximum absolute atomic E-state index is 12.0. The molecule has 2 heterocycles. The molecule has 2 aliphatic heterocycles. The normalized spacial score (nSPS) is 21.7. The molecule has 4 atom stereocenters. The average Bonchev–Trinajstić information content (AvgIpc) is 3.61. The quantitative estimate of drug-likeness (QED) is 0.130. The molecule has 0 unspecified atom stereocenters. The summed E-state index contributed by atoms with van der Waals surface area (Å²) in [6.45, 7) is 0.423. The van der Waals surface area contributed by atoms with E-state index in [-0.39, 0.29) is 37.4 Å². The van der Waals surface area contributed by atoms with Crippen LogP contribution in [0.25, 0.3) is 11.1 Å². The predicted molar refractivity (Wildman–Crippen MR) is 184 cm³/mol. The van der Waals surface area contributed by atoms with Crippen LogP contribution in [-0.4, -0.2) is 58.6 Å². The summed E-state index contributed by atoms with van der Waals surface area (Å²) in [5, 5.41) is 53.8. The van der Waals surface area contributed by atoms with Gasteiger partial charge in [0, 0.05) is 41.6 Å². The largest absolute Gasteiger partial charge is 0.508 e. The van der Waals surface area contributed by atoms with Gasteiger partial charge < -0.3 is 44.5 Å². The number of methoxy groups -OCH3 is 1. The number of fused-ring (bicyclic) bond motifs is 2. The van der Waals surface area contributed by atoms with Crippen molar-refractivity contribution in [1.29, 1.82) is 0 Å². The number of ether oxygens (including phenoxy) is 4. The summed E-state index contributed by atoms with van der Waals surface area (Å²) < 4.78 is 24.8. The first-order valence-electron chi connectivity index (χ1n) is 17.2. The molecule has 1 saturated carbocycles. The molecule has 3 aliphatic rings. The fourth-order valence-corrected chi connectivity index (χ4v) is 7.72. The molecule has 1 aliphatic carbocycles. The van der Waals surface area contributed by atoms with E-state index in [9.17, 15) is 25.5 Å². The summed E-state index contributed by atoms with van der Waals surface area (Å²) in [6.07, 6.45) is 3.94. The van der Waals surface area contributed by atoms with Gasteiger partial charge in [-0.15, -0.1) is 0 Å². The molecule has 0 radical (unpaired) electrons. The van der Waals surface area contributed by atoms with Gasteiger partial charge in [-0.05, 0) is 109 Å². The molecular formula is C40H44O9. The van der Waals surface area contributed by atoms with E-state index in [1.54, 1.807) is 43.5 Å². The van der Waals surface area contributed by atoms with Crippen LogP contribution < -0.4 is 18.9 Å². The lowest BCUT2D eigenvalue weighted by molar-refractivity contribution is -0.0555. The van der Waals surface area contributed by atoms with Gasteiger partial charge >= 0.3 is 0 Å². The maximum Gasteiger partial charge on any atom is 0.128 e. The highest BCUT2D eigenvalue weighted by Gasteiger charge is 2.43. The lowest BCUT2D eigenvalue weighted by Crippen LogP contribution is -2.40. The van der Waals surface area contributed by atoms with E-state index in [0.29, 0.717) is 53.4 Å². The molecule has 0 amide bonds. The summed E-state index contributed by atoms with van der Waals surface area (Å²) in [4.78, 5) is 0. The fraction of sp³-hybridized carbons (Fsp3) is 0.400. The summed E-state index contributed by atoms with van der Waals surface area (Å²) in [6, 6.07) is 19.7. The van der Waals surface area contributed by atoms with E-state index in [4.69, 9.17) is 18.9 Å². The molecule has 4 aromatic carbocycles. The first kappa shape index (κ1) is 33.1. The molecule has 7 rings (SSSR count). The zero-order chi connectivity index (χ0) is 34.1. The highest BCUT2D eigenvalue weighted by Crippen LogP contribution is 2.49. The molecule has 0 aromatic heterocycles. The van der Waals surface area contributed by atoms with Crippen LogP contribution in [0.5, 0.6) is 34.5 Å². The molecule has 1 fully saturated rings. The first-order valence-corrected chi connectivity index (χ1v) is 17.2. The van der Waals surface area contributed by atoms with Crippen molar-refractivity contribution >= 4 is 0 Å². The van der Waals surface area contributed by atoms with E-state index >= 15 is 0 Å². The van der Waals surface area contributed by atoms with Crippen LogP contribution in [0, 0.1) is 11.8 Å². The standard InChI is InChI=1S/C40H44O9/c1-46-36-20-32-37(18-24(36)7-5-13-41)47-21-34(38(32)44)35-22-48-40-26(17-30(19-33(40)39(35)45)49-29-9-2-3-10-29)14-25-16-28(43)11-12-31(25)23-6-4-8-27(42)15-23/h4,6,8,11-12,15-20,29,34-35,38-39,41-45H,2-3,5,7,9-10,13-14,21-22H2,1H3/t34-,35-,38-,39+/m0/s1. The van der Waals surface area contributed by atoms with Crippen LogP contribution in [0.2, 0.25) is 0 Å². The Morgan fingerprint density at radius 1 is 0.776 bits per heavy atom. The van der Waals surface area contributed by atoms with Crippen molar-refractivity contribution in [3.63, 3.8) is 0 Å². The minimum atomic E-state index is -0.972. The van der Waals surface area contributed by atoms with E-state index < -0.39 is 24.0 Å². The van der Waals surface area contributed by atoms with Crippen LogP contribution in [0.3, 0.4) is 0 Å².